The molecule has 1 aliphatic heterocycles. The van der Waals surface area contributed by atoms with Gasteiger partial charge in [-0.3, -0.25) is 0 Å². The number of rotatable bonds is 1. The van der Waals surface area contributed by atoms with Crippen molar-refractivity contribution < 1.29 is 4.90 Å². The Kier molecular flexibility index (Phi) is 3.13. The Morgan fingerprint density at radius 1 is 1.07 bits per heavy atom. The van der Waals surface area contributed by atoms with Crippen molar-refractivity contribution in [3.63, 3.8) is 0 Å². The maximum absolute atomic E-state index is 5.41. The lowest BCUT2D eigenvalue weighted by molar-refractivity contribution is -0.906. The summed E-state index contributed by atoms with van der Waals surface area (Å²) in [5.74, 6) is 2.82. The smallest absolute Gasteiger partial charge is 0.139 e. The molecular weight excluding hydrogens is 170 g/mol. The van der Waals surface area contributed by atoms with Crippen LogP contribution in [0.1, 0.15) is 44.9 Å². The monoisotopic (exact) mass is 192 g/mol. The van der Waals surface area contributed by atoms with Crippen molar-refractivity contribution in [2.45, 2.75) is 44.9 Å². The van der Waals surface area contributed by atoms with Gasteiger partial charge in [-0.1, -0.05) is 19.3 Å². The fourth-order valence-corrected chi connectivity index (χ4v) is 3.44. The van der Waals surface area contributed by atoms with Crippen LogP contribution in [0.3, 0.4) is 0 Å². The van der Waals surface area contributed by atoms with E-state index in [9.17, 15) is 0 Å². The van der Waals surface area contributed by atoms with E-state index >= 15 is 0 Å². The molecule has 1 heteroatoms. The van der Waals surface area contributed by atoms with E-state index in [-0.39, 0.29) is 0 Å². The van der Waals surface area contributed by atoms with Crippen LogP contribution >= 0.6 is 0 Å². The molecule has 0 bridgehead atoms. The van der Waals surface area contributed by atoms with Crippen LogP contribution in [0.15, 0.2) is 0 Å². The molecule has 0 aromatic carbocycles. The molecule has 2 rings (SSSR count). The molecule has 14 heavy (non-hydrogen) atoms. The zero-order chi connectivity index (χ0) is 9.86. The fourth-order valence-electron chi connectivity index (χ4n) is 3.44. The summed E-state index contributed by atoms with van der Waals surface area (Å²) in [4.78, 5) is 1.67. The molecular formula is C13H22N+. The molecule has 1 aliphatic carbocycles. The molecule has 1 heterocycles. The highest BCUT2D eigenvalue weighted by Crippen LogP contribution is 2.39. The molecule has 1 spiro atoms. The van der Waals surface area contributed by atoms with Gasteiger partial charge in [-0.05, 0) is 31.6 Å². The second-order valence-corrected chi connectivity index (χ2v) is 5.22. The quantitative estimate of drug-likeness (QED) is 0.596. The Bertz CT molecular complexity index is 214. The van der Waals surface area contributed by atoms with Gasteiger partial charge < -0.3 is 4.90 Å². The molecule has 1 N–H and O–H groups in total. The standard InChI is InChI=1S/C13H21N/c1-2-10-14-11-6-9-13(12-14)7-4-3-5-8-13/h1H,3-12H2/p+1. The van der Waals surface area contributed by atoms with Crippen LogP contribution in [0.25, 0.3) is 0 Å². The third kappa shape index (κ3) is 2.12. The van der Waals surface area contributed by atoms with Crippen molar-refractivity contribution >= 4 is 0 Å². The summed E-state index contributed by atoms with van der Waals surface area (Å²) >= 11 is 0. The van der Waals surface area contributed by atoms with Crippen molar-refractivity contribution in [3.8, 4) is 12.3 Å². The van der Waals surface area contributed by atoms with Crippen molar-refractivity contribution in [3.05, 3.63) is 0 Å². The highest BCUT2D eigenvalue weighted by Gasteiger charge is 2.38. The summed E-state index contributed by atoms with van der Waals surface area (Å²) in [6.07, 6.45) is 15.6. The summed E-state index contributed by atoms with van der Waals surface area (Å²) < 4.78 is 0. The molecule has 0 amide bonds. The number of terminal acetylenes is 1. The van der Waals surface area contributed by atoms with E-state index in [1.807, 2.05) is 0 Å². The maximum Gasteiger partial charge on any atom is 0.139 e. The van der Waals surface area contributed by atoms with Crippen LogP contribution in [0.2, 0.25) is 0 Å². The summed E-state index contributed by atoms with van der Waals surface area (Å²) in [7, 11) is 0. The van der Waals surface area contributed by atoms with Gasteiger partial charge in [0.1, 0.15) is 6.54 Å². The topological polar surface area (TPSA) is 4.44 Å². The van der Waals surface area contributed by atoms with Gasteiger partial charge in [0.15, 0.2) is 0 Å². The van der Waals surface area contributed by atoms with Crippen molar-refractivity contribution in [1.29, 1.82) is 0 Å². The van der Waals surface area contributed by atoms with Crippen molar-refractivity contribution in [2.24, 2.45) is 5.41 Å². The first-order valence-electron chi connectivity index (χ1n) is 6.12. The van der Waals surface area contributed by atoms with Gasteiger partial charge in [-0.2, -0.15) is 0 Å². The van der Waals surface area contributed by atoms with Gasteiger partial charge in [-0.25, -0.2) is 0 Å². The second kappa shape index (κ2) is 4.36. The lowest BCUT2D eigenvalue weighted by atomic mass is 9.69. The number of hydrogen-bond donors (Lipinski definition) is 1. The highest BCUT2D eigenvalue weighted by atomic mass is 15.1. The minimum atomic E-state index is 0.697. The Hall–Kier alpha value is -0.480. The Labute approximate surface area is 87.9 Å². The van der Waals surface area contributed by atoms with E-state index < -0.39 is 0 Å². The minimum Gasteiger partial charge on any atom is -0.324 e. The molecule has 0 aromatic rings. The summed E-state index contributed by atoms with van der Waals surface area (Å²) in [6, 6.07) is 0. The van der Waals surface area contributed by atoms with E-state index in [4.69, 9.17) is 6.42 Å². The zero-order valence-corrected chi connectivity index (χ0v) is 9.15. The van der Waals surface area contributed by atoms with Crippen LogP contribution < -0.4 is 4.90 Å². The van der Waals surface area contributed by atoms with Crippen molar-refractivity contribution in [2.75, 3.05) is 19.6 Å². The fraction of sp³-hybridized carbons (Fsp3) is 0.846. The molecule has 0 radical (unpaired) electrons. The van der Waals surface area contributed by atoms with E-state index in [0.29, 0.717) is 5.41 Å². The van der Waals surface area contributed by atoms with E-state index in [1.165, 1.54) is 58.0 Å². The van der Waals surface area contributed by atoms with E-state index in [0.717, 1.165) is 6.54 Å². The first kappa shape index (κ1) is 10.1. The number of piperidine rings is 1. The molecule has 78 valence electrons. The van der Waals surface area contributed by atoms with Crippen LogP contribution in [0.5, 0.6) is 0 Å². The summed E-state index contributed by atoms with van der Waals surface area (Å²) in [5.41, 5.74) is 0.697. The average Bonchev–Trinajstić information content (AvgIpc) is 2.19. The predicted molar refractivity (Wildman–Crippen MR) is 59.1 cm³/mol. The zero-order valence-electron chi connectivity index (χ0n) is 9.15. The van der Waals surface area contributed by atoms with Gasteiger partial charge >= 0.3 is 0 Å². The minimum absolute atomic E-state index is 0.697. The maximum atomic E-state index is 5.41. The van der Waals surface area contributed by atoms with Gasteiger partial charge in [0, 0.05) is 5.41 Å². The third-order valence-electron chi connectivity index (χ3n) is 4.13. The van der Waals surface area contributed by atoms with E-state index in [1.54, 1.807) is 4.90 Å². The molecule has 2 fully saturated rings. The normalized spacial score (nSPS) is 31.2. The molecule has 0 aromatic heterocycles. The van der Waals surface area contributed by atoms with Gasteiger partial charge in [0.2, 0.25) is 0 Å². The molecule has 1 nitrogen and oxygen atoms in total. The first-order chi connectivity index (χ1) is 6.85. The van der Waals surface area contributed by atoms with Crippen LogP contribution in [-0.4, -0.2) is 19.6 Å². The first-order valence-corrected chi connectivity index (χ1v) is 6.12. The van der Waals surface area contributed by atoms with Crippen molar-refractivity contribution in [1.82, 2.24) is 0 Å². The Morgan fingerprint density at radius 2 is 1.79 bits per heavy atom. The average molecular weight is 192 g/mol. The molecule has 1 saturated heterocycles. The Morgan fingerprint density at radius 3 is 2.50 bits per heavy atom. The van der Waals surface area contributed by atoms with Crippen LogP contribution in [0.4, 0.5) is 0 Å². The number of quaternary nitrogens is 1. The van der Waals surface area contributed by atoms with Gasteiger partial charge in [0.05, 0.1) is 13.1 Å². The number of hydrogen-bond acceptors (Lipinski definition) is 0. The van der Waals surface area contributed by atoms with Crippen LogP contribution in [0, 0.1) is 17.8 Å². The van der Waals surface area contributed by atoms with E-state index in [2.05, 4.69) is 5.92 Å². The molecule has 1 atom stereocenters. The lowest BCUT2D eigenvalue weighted by Gasteiger charge is -2.42. The summed E-state index contributed by atoms with van der Waals surface area (Å²) in [6.45, 7) is 3.62. The largest absolute Gasteiger partial charge is 0.324 e. The van der Waals surface area contributed by atoms with Crippen LogP contribution in [-0.2, 0) is 0 Å². The number of nitrogens with one attached hydrogen (secondary N) is 1. The lowest BCUT2D eigenvalue weighted by Crippen LogP contribution is -3.14. The summed E-state index contributed by atoms with van der Waals surface area (Å²) in [5, 5.41) is 0. The second-order valence-electron chi connectivity index (χ2n) is 5.22. The molecule has 1 saturated carbocycles. The third-order valence-corrected chi connectivity index (χ3v) is 4.13. The molecule has 1 unspecified atom stereocenters. The van der Waals surface area contributed by atoms with Gasteiger partial charge in [-0.15, -0.1) is 6.42 Å². The predicted octanol–water partition coefficient (Wildman–Crippen LogP) is 1.25. The Balaban J connectivity index is 1.95. The highest BCUT2D eigenvalue weighted by molar-refractivity contribution is 4.87. The molecule has 2 aliphatic rings. The van der Waals surface area contributed by atoms with Gasteiger partial charge in [0.25, 0.3) is 0 Å². The number of likely N-dealkylation sites (tertiary alicyclic amines) is 1. The SMILES string of the molecule is C#CC[NH+]1CCCC2(CCCCC2)C1.